The second-order valence-electron chi connectivity index (χ2n) is 3.47. The fourth-order valence-electron chi connectivity index (χ4n) is 1.36. The molecule has 0 unspecified atom stereocenters. The van der Waals surface area contributed by atoms with E-state index in [1.807, 2.05) is 24.3 Å². The van der Waals surface area contributed by atoms with Crippen molar-refractivity contribution in [1.29, 1.82) is 0 Å². The van der Waals surface area contributed by atoms with Gasteiger partial charge in [-0.05, 0) is 18.2 Å². The van der Waals surface area contributed by atoms with Gasteiger partial charge >= 0.3 is 0 Å². The second kappa shape index (κ2) is 5.58. The van der Waals surface area contributed by atoms with E-state index in [1.165, 1.54) is 0 Å². The Morgan fingerprint density at radius 1 is 1.47 bits per heavy atom. The third-order valence-electron chi connectivity index (χ3n) is 2.15. The molecule has 1 aromatic carbocycles. The maximum absolute atomic E-state index is 11.6. The number of anilines is 1. The van der Waals surface area contributed by atoms with Crippen LogP contribution in [0.4, 0.5) is 5.69 Å². The van der Waals surface area contributed by atoms with Gasteiger partial charge in [0.25, 0.3) is 0 Å². The van der Waals surface area contributed by atoms with Gasteiger partial charge in [-0.1, -0.05) is 27.2 Å². The van der Waals surface area contributed by atoms with Crippen molar-refractivity contribution in [2.75, 3.05) is 5.32 Å². The minimum Gasteiger partial charge on any atom is -0.326 e. The summed E-state index contributed by atoms with van der Waals surface area (Å²) in [6.07, 6.45) is 3.69. The number of nitrogens with zero attached hydrogens (tertiary/aromatic N) is 3. The van der Waals surface area contributed by atoms with Crippen LogP contribution in [-0.2, 0) is 11.3 Å². The summed E-state index contributed by atoms with van der Waals surface area (Å²) in [4.78, 5) is 11.6. The van der Waals surface area contributed by atoms with E-state index in [1.54, 1.807) is 17.1 Å². The van der Waals surface area contributed by atoms with Crippen molar-refractivity contribution < 1.29 is 4.79 Å². The monoisotopic (exact) mass is 294 g/mol. The van der Waals surface area contributed by atoms with Crippen molar-refractivity contribution in [3.63, 3.8) is 0 Å². The van der Waals surface area contributed by atoms with Crippen LogP contribution in [-0.4, -0.2) is 20.9 Å². The lowest BCUT2D eigenvalue weighted by Gasteiger charge is -2.05. The maximum atomic E-state index is 11.6. The van der Waals surface area contributed by atoms with Gasteiger partial charge in [0.1, 0.15) is 0 Å². The Labute approximate surface area is 107 Å². The largest absolute Gasteiger partial charge is 0.326 e. The smallest absolute Gasteiger partial charge is 0.226 e. The number of aryl methyl sites for hydroxylation is 1. The Morgan fingerprint density at radius 3 is 3.06 bits per heavy atom. The number of carbonyl (C=O) groups is 1. The number of halogens is 1. The van der Waals surface area contributed by atoms with E-state index < -0.39 is 0 Å². The molecule has 88 valence electrons. The van der Waals surface area contributed by atoms with Crippen LogP contribution < -0.4 is 5.32 Å². The lowest BCUT2D eigenvalue weighted by atomic mass is 10.3. The van der Waals surface area contributed by atoms with Crippen molar-refractivity contribution >= 4 is 27.5 Å². The molecule has 0 saturated carbocycles. The number of hydrogen-bond donors (Lipinski definition) is 1. The van der Waals surface area contributed by atoms with Crippen LogP contribution in [0.25, 0.3) is 0 Å². The van der Waals surface area contributed by atoms with Crippen LogP contribution in [0.3, 0.4) is 0 Å². The van der Waals surface area contributed by atoms with Gasteiger partial charge in [-0.25, -0.2) is 0 Å². The summed E-state index contributed by atoms with van der Waals surface area (Å²) in [6.45, 7) is 0.528. The molecule has 6 heteroatoms. The molecule has 0 aliphatic carbocycles. The fraction of sp³-hybridized carbons (Fsp3) is 0.182. The Hall–Kier alpha value is -1.69. The van der Waals surface area contributed by atoms with Crippen molar-refractivity contribution in [2.24, 2.45) is 0 Å². The lowest BCUT2D eigenvalue weighted by molar-refractivity contribution is -0.116. The summed E-state index contributed by atoms with van der Waals surface area (Å²) in [5.74, 6) is -0.0430. The summed E-state index contributed by atoms with van der Waals surface area (Å²) >= 11 is 3.35. The van der Waals surface area contributed by atoms with E-state index in [0.29, 0.717) is 13.0 Å². The van der Waals surface area contributed by atoms with Crippen molar-refractivity contribution in [1.82, 2.24) is 15.0 Å². The quantitative estimate of drug-likeness (QED) is 0.939. The molecule has 0 spiro atoms. The van der Waals surface area contributed by atoms with E-state index in [4.69, 9.17) is 0 Å². The molecule has 2 rings (SSSR count). The molecule has 17 heavy (non-hydrogen) atoms. The molecule has 5 nitrogen and oxygen atoms in total. The molecule has 0 aliphatic rings. The summed E-state index contributed by atoms with van der Waals surface area (Å²) in [5, 5.41) is 10.3. The second-order valence-corrected chi connectivity index (χ2v) is 4.39. The van der Waals surface area contributed by atoms with E-state index in [0.717, 1.165) is 10.2 Å². The van der Waals surface area contributed by atoms with E-state index in [2.05, 4.69) is 31.6 Å². The number of hydrogen-bond acceptors (Lipinski definition) is 3. The minimum atomic E-state index is -0.0430. The molecule has 1 amide bonds. The van der Waals surface area contributed by atoms with Crippen LogP contribution in [0.2, 0.25) is 0 Å². The normalized spacial score (nSPS) is 10.2. The predicted octanol–water partition coefficient (Wildman–Crippen LogP) is 2.07. The minimum absolute atomic E-state index is 0.0430. The van der Waals surface area contributed by atoms with Gasteiger partial charge in [-0.3, -0.25) is 9.48 Å². The summed E-state index contributed by atoms with van der Waals surface area (Å²) < 4.78 is 2.56. The first kappa shape index (κ1) is 11.8. The average Bonchev–Trinajstić information content (AvgIpc) is 2.79. The predicted molar refractivity (Wildman–Crippen MR) is 67.4 cm³/mol. The molecule has 1 aromatic heterocycles. The zero-order valence-corrected chi connectivity index (χ0v) is 10.6. The molecule has 0 bridgehead atoms. The lowest BCUT2D eigenvalue weighted by Crippen LogP contribution is -2.14. The highest BCUT2D eigenvalue weighted by molar-refractivity contribution is 9.10. The highest BCUT2D eigenvalue weighted by Crippen LogP contribution is 2.15. The molecule has 1 N–H and O–H groups in total. The molecular weight excluding hydrogens is 284 g/mol. The standard InChI is InChI=1S/C11H11BrN4O/c12-9-2-1-3-10(8-9)14-11(17)4-6-16-7-5-13-15-16/h1-3,5,7-8H,4,6H2,(H,14,17). The van der Waals surface area contributed by atoms with E-state index in [9.17, 15) is 4.79 Å². The molecule has 1 heterocycles. The molecule has 0 fully saturated rings. The number of carbonyl (C=O) groups excluding carboxylic acids is 1. The third kappa shape index (κ3) is 3.67. The first-order valence-electron chi connectivity index (χ1n) is 5.13. The van der Waals surface area contributed by atoms with Gasteiger partial charge < -0.3 is 5.32 Å². The number of nitrogens with one attached hydrogen (secondary N) is 1. The van der Waals surface area contributed by atoms with E-state index >= 15 is 0 Å². The van der Waals surface area contributed by atoms with Crippen LogP contribution >= 0.6 is 15.9 Å². The fourth-order valence-corrected chi connectivity index (χ4v) is 1.76. The summed E-state index contributed by atoms with van der Waals surface area (Å²) in [6, 6.07) is 7.48. The first-order valence-corrected chi connectivity index (χ1v) is 5.93. The zero-order chi connectivity index (χ0) is 12.1. The number of aromatic nitrogens is 3. The van der Waals surface area contributed by atoms with Crippen LogP contribution in [0.15, 0.2) is 41.1 Å². The Kier molecular flexibility index (Phi) is 3.87. The zero-order valence-electron chi connectivity index (χ0n) is 9.01. The maximum Gasteiger partial charge on any atom is 0.226 e. The average molecular weight is 295 g/mol. The number of benzene rings is 1. The topological polar surface area (TPSA) is 59.8 Å². The first-order chi connectivity index (χ1) is 8.24. The highest BCUT2D eigenvalue weighted by Gasteiger charge is 2.03. The summed E-state index contributed by atoms with van der Waals surface area (Å²) in [5.41, 5.74) is 0.781. The summed E-state index contributed by atoms with van der Waals surface area (Å²) in [7, 11) is 0. The van der Waals surface area contributed by atoms with Crippen molar-refractivity contribution in [3.05, 3.63) is 41.1 Å². The van der Waals surface area contributed by atoms with Crippen LogP contribution in [0.1, 0.15) is 6.42 Å². The Bertz CT molecular complexity index is 498. The SMILES string of the molecule is O=C(CCn1ccnn1)Nc1cccc(Br)c1. The van der Waals surface area contributed by atoms with Crippen LogP contribution in [0.5, 0.6) is 0 Å². The highest BCUT2D eigenvalue weighted by atomic mass is 79.9. The molecular formula is C11H11BrN4O. The third-order valence-corrected chi connectivity index (χ3v) is 2.64. The number of amides is 1. The molecule has 0 radical (unpaired) electrons. The van der Waals surface area contributed by atoms with Gasteiger partial charge in [-0.2, -0.15) is 0 Å². The van der Waals surface area contributed by atoms with Crippen molar-refractivity contribution in [3.8, 4) is 0 Å². The van der Waals surface area contributed by atoms with Crippen molar-refractivity contribution in [2.45, 2.75) is 13.0 Å². The van der Waals surface area contributed by atoms with E-state index in [-0.39, 0.29) is 5.91 Å². The Morgan fingerprint density at radius 2 is 2.35 bits per heavy atom. The van der Waals surface area contributed by atoms with Gasteiger partial charge in [-0.15, -0.1) is 5.10 Å². The molecule has 0 aliphatic heterocycles. The van der Waals surface area contributed by atoms with Gasteiger partial charge in [0.05, 0.1) is 12.7 Å². The number of rotatable bonds is 4. The van der Waals surface area contributed by atoms with Gasteiger partial charge in [0, 0.05) is 22.8 Å². The van der Waals surface area contributed by atoms with Gasteiger partial charge in [0.15, 0.2) is 0 Å². The molecule has 0 saturated heterocycles. The molecule has 2 aromatic rings. The van der Waals surface area contributed by atoms with Crippen LogP contribution in [0, 0.1) is 0 Å². The van der Waals surface area contributed by atoms with Gasteiger partial charge in [0.2, 0.25) is 5.91 Å². The molecule has 0 atom stereocenters. The Balaban J connectivity index is 1.85.